The van der Waals surface area contributed by atoms with Crippen LogP contribution in [-0.4, -0.2) is 4.98 Å². The van der Waals surface area contributed by atoms with Crippen molar-refractivity contribution in [3.05, 3.63) is 64.7 Å². The van der Waals surface area contributed by atoms with Crippen LogP contribution in [0.25, 0.3) is 10.2 Å². The lowest BCUT2D eigenvalue weighted by molar-refractivity contribution is 1.15. The second kappa shape index (κ2) is 5.98. The van der Waals surface area contributed by atoms with Gasteiger partial charge in [-0.3, -0.25) is 0 Å². The Bertz CT molecular complexity index is 659. The summed E-state index contributed by atoms with van der Waals surface area (Å²) in [5.74, 6) is 0. The Morgan fingerprint density at radius 3 is 2.89 bits per heavy atom. The normalized spacial score (nSPS) is 12.5. The number of allylic oxidation sites excluding steroid dienone is 5. The molecule has 0 fully saturated rings. The van der Waals surface area contributed by atoms with Gasteiger partial charge in [-0.25, -0.2) is 4.98 Å². The second-order valence-corrected chi connectivity index (χ2v) is 5.94. The topological polar surface area (TPSA) is 12.9 Å². The van der Waals surface area contributed by atoms with Crippen LogP contribution in [-0.2, 0) is 6.42 Å². The highest BCUT2D eigenvalue weighted by Crippen LogP contribution is 2.25. The van der Waals surface area contributed by atoms with Crippen LogP contribution >= 0.6 is 11.3 Å². The zero-order valence-corrected chi connectivity index (χ0v) is 12.6. The van der Waals surface area contributed by atoms with Gasteiger partial charge >= 0.3 is 0 Å². The third-order valence-electron chi connectivity index (χ3n) is 2.76. The molecular weight excluding hydrogens is 250 g/mol. The van der Waals surface area contributed by atoms with E-state index in [1.807, 2.05) is 13.8 Å². The lowest BCUT2D eigenvalue weighted by Crippen LogP contribution is -1.87. The molecule has 19 heavy (non-hydrogen) atoms. The second-order valence-electron chi connectivity index (χ2n) is 4.82. The molecule has 0 bridgehead atoms. The monoisotopic (exact) mass is 269 g/mol. The maximum absolute atomic E-state index is 4.70. The van der Waals surface area contributed by atoms with Crippen LogP contribution in [0.3, 0.4) is 0 Å². The van der Waals surface area contributed by atoms with Gasteiger partial charge in [0, 0.05) is 6.42 Å². The average molecular weight is 269 g/mol. The number of thiazole rings is 1. The number of nitrogens with zero attached hydrogens (tertiary/aromatic N) is 1. The first-order valence-corrected chi connectivity index (χ1v) is 7.25. The number of aryl methyl sites for hydroxylation is 1. The van der Waals surface area contributed by atoms with Crippen LogP contribution in [0.15, 0.2) is 54.2 Å². The van der Waals surface area contributed by atoms with Crippen molar-refractivity contribution in [1.82, 2.24) is 4.98 Å². The molecule has 0 aliphatic rings. The van der Waals surface area contributed by atoms with Crippen molar-refractivity contribution in [2.24, 2.45) is 0 Å². The summed E-state index contributed by atoms with van der Waals surface area (Å²) in [6.45, 7) is 10.1. The maximum atomic E-state index is 4.70. The van der Waals surface area contributed by atoms with Crippen molar-refractivity contribution >= 4 is 21.6 Å². The summed E-state index contributed by atoms with van der Waals surface area (Å²) in [6.07, 6.45) is 7.19. The molecule has 0 saturated heterocycles. The molecule has 0 N–H and O–H groups in total. The molecule has 0 radical (unpaired) electrons. The van der Waals surface area contributed by atoms with Crippen LogP contribution < -0.4 is 0 Å². The Kier molecular flexibility index (Phi) is 4.33. The van der Waals surface area contributed by atoms with Crippen LogP contribution in [0.5, 0.6) is 0 Å². The summed E-state index contributed by atoms with van der Waals surface area (Å²) in [4.78, 5) is 4.70. The smallest absolute Gasteiger partial charge is 0.0982 e. The predicted octanol–water partition coefficient (Wildman–Crippen LogP) is 5.23. The summed E-state index contributed by atoms with van der Waals surface area (Å²) >= 11 is 1.78. The molecule has 0 aliphatic heterocycles. The van der Waals surface area contributed by atoms with Crippen molar-refractivity contribution in [2.45, 2.75) is 27.2 Å². The van der Waals surface area contributed by atoms with Crippen LogP contribution in [0.2, 0.25) is 0 Å². The van der Waals surface area contributed by atoms with Gasteiger partial charge in [-0.2, -0.15) is 0 Å². The quantitative estimate of drug-likeness (QED) is 0.693. The molecule has 0 spiro atoms. The fourth-order valence-corrected chi connectivity index (χ4v) is 3.12. The minimum Gasteiger partial charge on any atom is -0.241 e. The molecule has 0 amide bonds. The van der Waals surface area contributed by atoms with Crippen molar-refractivity contribution < 1.29 is 0 Å². The van der Waals surface area contributed by atoms with E-state index in [4.69, 9.17) is 4.98 Å². The molecule has 1 aromatic carbocycles. The van der Waals surface area contributed by atoms with Crippen molar-refractivity contribution in [3.8, 4) is 0 Å². The molecule has 0 aliphatic carbocycles. The maximum Gasteiger partial charge on any atom is 0.0982 e. The third kappa shape index (κ3) is 3.65. The van der Waals surface area contributed by atoms with Gasteiger partial charge in [-0.1, -0.05) is 36.4 Å². The Morgan fingerprint density at radius 1 is 1.42 bits per heavy atom. The largest absolute Gasteiger partial charge is 0.241 e. The van der Waals surface area contributed by atoms with Crippen molar-refractivity contribution in [3.63, 3.8) is 0 Å². The molecule has 0 saturated carbocycles. The van der Waals surface area contributed by atoms with Gasteiger partial charge in [0.05, 0.1) is 15.2 Å². The molecule has 1 heterocycles. The summed E-state index contributed by atoms with van der Waals surface area (Å²) in [5.41, 5.74) is 4.71. The minimum atomic E-state index is 0.871. The van der Waals surface area contributed by atoms with Gasteiger partial charge in [0.15, 0.2) is 0 Å². The third-order valence-corrected chi connectivity index (χ3v) is 3.77. The first-order valence-electron chi connectivity index (χ1n) is 6.43. The first kappa shape index (κ1) is 13.8. The van der Waals surface area contributed by atoms with Gasteiger partial charge in [0.25, 0.3) is 0 Å². The number of benzene rings is 1. The Balaban J connectivity index is 2.31. The Labute approximate surface area is 119 Å². The van der Waals surface area contributed by atoms with E-state index in [1.54, 1.807) is 11.3 Å². The Morgan fingerprint density at radius 2 is 2.21 bits per heavy atom. The summed E-state index contributed by atoms with van der Waals surface area (Å²) in [5, 5.41) is 1.16. The first-order chi connectivity index (χ1) is 9.08. The lowest BCUT2D eigenvalue weighted by atomic mass is 10.1. The molecule has 0 unspecified atom stereocenters. The molecule has 0 atom stereocenters. The predicted molar refractivity (Wildman–Crippen MR) is 85.8 cm³/mol. The molecule has 2 heteroatoms. The van der Waals surface area contributed by atoms with Crippen LogP contribution in [0.1, 0.15) is 24.4 Å². The number of rotatable bonds is 4. The van der Waals surface area contributed by atoms with Gasteiger partial charge in [0.1, 0.15) is 0 Å². The Hall–Kier alpha value is -1.67. The zero-order chi connectivity index (χ0) is 13.8. The van der Waals surface area contributed by atoms with Gasteiger partial charge in [-0.15, -0.1) is 11.3 Å². The van der Waals surface area contributed by atoms with Crippen molar-refractivity contribution in [1.29, 1.82) is 0 Å². The number of hydrogen-bond acceptors (Lipinski definition) is 2. The molecule has 2 rings (SSSR count). The highest BCUT2D eigenvalue weighted by atomic mass is 32.1. The fraction of sp³-hybridized carbons (Fsp3) is 0.235. The summed E-state index contributed by atoms with van der Waals surface area (Å²) in [6, 6.07) is 6.42. The number of aromatic nitrogens is 1. The van der Waals surface area contributed by atoms with Gasteiger partial charge in [-0.05, 0) is 44.0 Å². The molecular formula is C17H19NS. The standard InChI is InChI=1S/C17H19NS/c1-5-6-14(9-12(2)3)11-17-18-15-8-7-13(4)10-16(15)19-17/h5-10H,2,11H2,1,3-4H3/b6-5-,14-9+. The minimum absolute atomic E-state index is 0.871. The zero-order valence-electron chi connectivity index (χ0n) is 11.7. The van der Waals surface area contributed by atoms with E-state index in [0.717, 1.165) is 22.5 Å². The van der Waals surface area contributed by atoms with E-state index >= 15 is 0 Å². The molecule has 1 nitrogen and oxygen atoms in total. The van der Waals surface area contributed by atoms with E-state index < -0.39 is 0 Å². The van der Waals surface area contributed by atoms with Crippen LogP contribution in [0, 0.1) is 6.92 Å². The summed E-state index contributed by atoms with van der Waals surface area (Å²) in [7, 11) is 0. The fourth-order valence-electron chi connectivity index (χ4n) is 2.02. The summed E-state index contributed by atoms with van der Waals surface area (Å²) < 4.78 is 1.27. The molecule has 2 aromatic rings. The van der Waals surface area contributed by atoms with E-state index in [9.17, 15) is 0 Å². The van der Waals surface area contributed by atoms with E-state index in [0.29, 0.717) is 0 Å². The molecule has 98 valence electrons. The SMILES string of the molecule is C=C(C)/C=C(\C=C/C)Cc1nc2ccc(C)cc2s1. The average Bonchev–Trinajstić information content (AvgIpc) is 2.69. The van der Waals surface area contributed by atoms with Crippen LogP contribution in [0.4, 0.5) is 0 Å². The van der Waals surface area contributed by atoms with E-state index in [1.165, 1.54) is 15.8 Å². The highest BCUT2D eigenvalue weighted by Gasteiger charge is 2.05. The highest BCUT2D eigenvalue weighted by molar-refractivity contribution is 7.18. The number of fused-ring (bicyclic) bond motifs is 1. The molecule has 1 aromatic heterocycles. The van der Waals surface area contributed by atoms with Gasteiger partial charge < -0.3 is 0 Å². The van der Waals surface area contributed by atoms with Gasteiger partial charge in [0.2, 0.25) is 0 Å². The van der Waals surface area contributed by atoms with Crippen molar-refractivity contribution in [2.75, 3.05) is 0 Å². The van der Waals surface area contributed by atoms with E-state index in [-0.39, 0.29) is 0 Å². The lowest BCUT2D eigenvalue weighted by Gasteiger charge is -1.99. The number of hydrogen-bond donors (Lipinski definition) is 0. The van der Waals surface area contributed by atoms with E-state index in [2.05, 4.69) is 49.9 Å².